The van der Waals surface area contributed by atoms with Crippen molar-refractivity contribution in [2.75, 3.05) is 13.7 Å². The van der Waals surface area contributed by atoms with E-state index in [1.54, 1.807) is 18.2 Å². The molecule has 2 aromatic rings. The van der Waals surface area contributed by atoms with Gasteiger partial charge in [0.05, 0.1) is 7.11 Å². The van der Waals surface area contributed by atoms with E-state index in [4.69, 9.17) is 9.47 Å². The van der Waals surface area contributed by atoms with Crippen molar-refractivity contribution < 1.29 is 19.1 Å². The maximum atomic E-state index is 12.3. The fourth-order valence-corrected chi connectivity index (χ4v) is 2.24. The van der Waals surface area contributed by atoms with Gasteiger partial charge in [-0.15, -0.1) is 0 Å². The van der Waals surface area contributed by atoms with Crippen molar-refractivity contribution >= 4 is 12.1 Å². The predicted octanol–water partition coefficient (Wildman–Crippen LogP) is 2.72. The molecule has 1 aromatic heterocycles. The van der Waals surface area contributed by atoms with Crippen LogP contribution in [0.25, 0.3) is 0 Å². The van der Waals surface area contributed by atoms with Crippen molar-refractivity contribution in [3.05, 3.63) is 46.8 Å². The highest BCUT2D eigenvalue weighted by Gasteiger charge is 2.15. The number of rotatable bonds is 6. The van der Waals surface area contributed by atoms with E-state index in [1.165, 1.54) is 7.11 Å². The van der Waals surface area contributed by atoms with Gasteiger partial charge in [0.2, 0.25) is 5.78 Å². The normalized spacial score (nSPS) is 10.4. The van der Waals surface area contributed by atoms with Gasteiger partial charge in [0.25, 0.3) is 0 Å². The Kier molecular flexibility index (Phi) is 4.65. The van der Waals surface area contributed by atoms with Crippen LogP contribution >= 0.6 is 0 Å². The average molecular weight is 301 g/mol. The van der Waals surface area contributed by atoms with E-state index in [0.717, 1.165) is 17.7 Å². The Morgan fingerprint density at radius 3 is 2.50 bits per heavy atom. The molecule has 0 aliphatic carbocycles. The number of Topliss-reactive ketones (excluding diaryl/α,β-unsaturated/α-hetero) is 1. The highest BCUT2D eigenvalue weighted by Crippen LogP contribution is 2.27. The van der Waals surface area contributed by atoms with Gasteiger partial charge < -0.3 is 14.0 Å². The van der Waals surface area contributed by atoms with E-state index >= 15 is 0 Å². The number of hydrogen-bond acceptors (Lipinski definition) is 4. The molecule has 0 atom stereocenters. The lowest BCUT2D eigenvalue weighted by molar-refractivity contribution is 0.0918. The van der Waals surface area contributed by atoms with Crippen molar-refractivity contribution in [1.82, 2.24) is 4.57 Å². The van der Waals surface area contributed by atoms with Gasteiger partial charge >= 0.3 is 0 Å². The minimum atomic E-state index is -0.111. The zero-order chi connectivity index (χ0) is 16.3. The molecule has 0 spiro atoms. The number of nitrogens with zero attached hydrogens (tertiary/aromatic N) is 1. The molecule has 0 amide bonds. The fourth-order valence-electron chi connectivity index (χ4n) is 2.24. The van der Waals surface area contributed by atoms with Gasteiger partial charge in [-0.25, -0.2) is 0 Å². The van der Waals surface area contributed by atoms with Crippen LogP contribution in [0.2, 0.25) is 0 Å². The molecule has 0 saturated carbocycles. The van der Waals surface area contributed by atoms with Crippen LogP contribution < -0.4 is 9.47 Å². The van der Waals surface area contributed by atoms with E-state index in [0.29, 0.717) is 22.6 Å². The molecule has 0 bridgehead atoms. The summed E-state index contributed by atoms with van der Waals surface area (Å²) in [6.07, 6.45) is 0.721. The Hall–Kier alpha value is -2.56. The second kappa shape index (κ2) is 6.47. The van der Waals surface area contributed by atoms with E-state index in [2.05, 4.69) is 0 Å². The number of aryl methyl sites for hydroxylation is 1. The Balaban J connectivity index is 2.17. The molecular weight excluding hydrogens is 282 g/mol. The van der Waals surface area contributed by atoms with E-state index < -0.39 is 0 Å². The maximum absolute atomic E-state index is 12.3. The van der Waals surface area contributed by atoms with Gasteiger partial charge in [-0.1, -0.05) is 0 Å². The van der Waals surface area contributed by atoms with Crippen LogP contribution in [0.3, 0.4) is 0 Å². The molecule has 5 heteroatoms. The van der Waals surface area contributed by atoms with Gasteiger partial charge in [-0.3, -0.25) is 9.59 Å². The molecule has 2 rings (SSSR count). The van der Waals surface area contributed by atoms with Crippen molar-refractivity contribution in [1.29, 1.82) is 0 Å². The zero-order valence-corrected chi connectivity index (χ0v) is 13.2. The minimum Gasteiger partial charge on any atom is -0.493 e. The number of methoxy groups -OCH3 is 1. The number of carbonyl (C=O) groups excluding carboxylic acids is 2. The van der Waals surface area contributed by atoms with E-state index in [-0.39, 0.29) is 12.4 Å². The summed E-state index contributed by atoms with van der Waals surface area (Å²) in [5.41, 5.74) is 3.03. The average Bonchev–Trinajstić information content (AvgIpc) is 2.79. The summed E-state index contributed by atoms with van der Waals surface area (Å²) in [5, 5.41) is 0. The lowest BCUT2D eigenvalue weighted by Crippen LogP contribution is -2.13. The van der Waals surface area contributed by atoms with Crippen LogP contribution in [0.15, 0.2) is 24.3 Å². The number of hydrogen-bond donors (Lipinski definition) is 0. The SMILES string of the molecule is COc1ccc(C=O)cc1OCC(=O)c1cc(C)n(C)c1C. The summed E-state index contributed by atoms with van der Waals surface area (Å²) in [6, 6.07) is 6.68. The number of benzene rings is 1. The summed E-state index contributed by atoms with van der Waals surface area (Å²) in [7, 11) is 3.42. The molecule has 0 saturated heterocycles. The Bertz CT molecular complexity index is 716. The minimum absolute atomic E-state index is 0.108. The molecular formula is C17H19NO4. The fraction of sp³-hybridized carbons (Fsp3) is 0.294. The largest absolute Gasteiger partial charge is 0.493 e. The first kappa shape index (κ1) is 15.8. The summed E-state index contributed by atoms with van der Waals surface area (Å²) in [4.78, 5) is 23.1. The number of carbonyl (C=O) groups is 2. The van der Waals surface area contributed by atoms with Gasteiger partial charge in [0.15, 0.2) is 18.1 Å². The molecule has 0 fully saturated rings. The third-order valence-electron chi connectivity index (χ3n) is 3.76. The molecule has 0 aliphatic heterocycles. The number of aldehydes is 1. The van der Waals surface area contributed by atoms with Crippen LogP contribution in [0, 0.1) is 13.8 Å². The Morgan fingerprint density at radius 2 is 1.95 bits per heavy atom. The van der Waals surface area contributed by atoms with Crippen LogP contribution in [0.1, 0.15) is 32.1 Å². The summed E-state index contributed by atoms with van der Waals surface area (Å²) < 4.78 is 12.7. The van der Waals surface area contributed by atoms with Crippen LogP contribution in [-0.2, 0) is 7.05 Å². The molecule has 0 radical (unpaired) electrons. The molecule has 0 unspecified atom stereocenters. The molecule has 0 aliphatic rings. The third-order valence-corrected chi connectivity index (χ3v) is 3.76. The number of ether oxygens (including phenoxy) is 2. The lowest BCUT2D eigenvalue weighted by Gasteiger charge is -2.10. The molecule has 5 nitrogen and oxygen atoms in total. The molecule has 0 N–H and O–H groups in total. The quantitative estimate of drug-likeness (QED) is 0.608. The Morgan fingerprint density at radius 1 is 1.23 bits per heavy atom. The van der Waals surface area contributed by atoms with Crippen molar-refractivity contribution in [3.8, 4) is 11.5 Å². The van der Waals surface area contributed by atoms with Crippen molar-refractivity contribution in [3.63, 3.8) is 0 Å². The van der Waals surface area contributed by atoms with E-state index in [1.807, 2.05) is 31.5 Å². The van der Waals surface area contributed by atoms with Gasteiger partial charge in [-0.2, -0.15) is 0 Å². The van der Waals surface area contributed by atoms with Crippen molar-refractivity contribution in [2.45, 2.75) is 13.8 Å². The highest BCUT2D eigenvalue weighted by molar-refractivity contribution is 5.98. The third kappa shape index (κ3) is 3.03. The second-order valence-electron chi connectivity index (χ2n) is 5.08. The second-order valence-corrected chi connectivity index (χ2v) is 5.08. The van der Waals surface area contributed by atoms with Gasteiger partial charge in [-0.05, 0) is 38.1 Å². The first-order valence-electron chi connectivity index (χ1n) is 6.90. The van der Waals surface area contributed by atoms with E-state index in [9.17, 15) is 9.59 Å². The standard InChI is InChI=1S/C17H19NO4/c1-11-7-14(12(2)18(11)3)15(20)10-22-17-8-13(9-19)5-6-16(17)21-4/h5-9H,10H2,1-4H3. The first-order chi connectivity index (χ1) is 10.5. The monoisotopic (exact) mass is 301 g/mol. The maximum Gasteiger partial charge on any atom is 0.202 e. The number of ketones is 1. The van der Waals surface area contributed by atoms with Crippen LogP contribution in [0.5, 0.6) is 11.5 Å². The summed E-state index contributed by atoms with van der Waals surface area (Å²) >= 11 is 0. The summed E-state index contributed by atoms with van der Waals surface area (Å²) in [5.74, 6) is 0.755. The zero-order valence-electron chi connectivity index (χ0n) is 13.2. The number of aromatic nitrogens is 1. The van der Waals surface area contributed by atoms with Crippen LogP contribution in [0.4, 0.5) is 0 Å². The first-order valence-corrected chi connectivity index (χ1v) is 6.90. The van der Waals surface area contributed by atoms with Gasteiger partial charge in [0, 0.05) is 29.6 Å². The summed E-state index contributed by atoms with van der Waals surface area (Å²) in [6.45, 7) is 3.73. The topological polar surface area (TPSA) is 57.5 Å². The predicted molar refractivity (Wildman–Crippen MR) is 83.1 cm³/mol. The highest BCUT2D eigenvalue weighted by atomic mass is 16.5. The Labute approximate surface area is 129 Å². The van der Waals surface area contributed by atoms with Gasteiger partial charge in [0.1, 0.15) is 6.29 Å². The smallest absolute Gasteiger partial charge is 0.202 e. The molecule has 116 valence electrons. The molecule has 22 heavy (non-hydrogen) atoms. The molecule has 1 heterocycles. The molecule has 1 aromatic carbocycles. The van der Waals surface area contributed by atoms with Crippen LogP contribution in [-0.4, -0.2) is 30.4 Å². The van der Waals surface area contributed by atoms with Crippen molar-refractivity contribution in [2.24, 2.45) is 7.05 Å². The lowest BCUT2D eigenvalue weighted by atomic mass is 10.1.